The second-order valence-electron chi connectivity index (χ2n) is 8.55. The molecule has 150 valence electrons. The average molecular weight is 374 g/mol. The molecule has 0 saturated carbocycles. The number of aryl methyl sites for hydroxylation is 1. The SMILES string of the molecule is Cc1cc(N2CCC(N3CCCC(O)CC3)CC2)nc(N2CCCCC2)n1. The van der Waals surface area contributed by atoms with E-state index in [1.165, 1.54) is 32.1 Å². The van der Waals surface area contributed by atoms with E-state index in [9.17, 15) is 5.11 Å². The fourth-order valence-corrected chi connectivity index (χ4v) is 4.86. The Morgan fingerprint density at radius 2 is 1.59 bits per heavy atom. The molecular weight excluding hydrogens is 338 g/mol. The maximum atomic E-state index is 9.90. The van der Waals surface area contributed by atoms with Gasteiger partial charge in [-0.3, -0.25) is 0 Å². The van der Waals surface area contributed by atoms with Gasteiger partial charge in [0.25, 0.3) is 0 Å². The van der Waals surface area contributed by atoms with E-state index >= 15 is 0 Å². The van der Waals surface area contributed by atoms with Crippen LogP contribution in [0.25, 0.3) is 0 Å². The summed E-state index contributed by atoms with van der Waals surface area (Å²) in [7, 11) is 0. The van der Waals surface area contributed by atoms with Crippen molar-refractivity contribution in [1.29, 1.82) is 0 Å². The Hall–Kier alpha value is -1.40. The highest BCUT2D eigenvalue weighted by atomic mass is 16.3. The van der Waals surface area contributed by atoms with Crippen molar-refractivity contribution in [3.63, 3.8) is 0 Å². The molecule has 3 saturated heterocycles. The summed E-state index contributed by atoms with van der Waals surface area (Å²) < 4.78 is 0. The van der Waals surface area contributed by atoms with E-state index in [2.05, 4.69) is 27.7 Å². The van der Waals surface area contributed by atoms with E-state index in [0.29, 0.717) is 6.04 Å². The summed E-state index contributed by atoms with van der Waals surface area (Å²) in [6.07, 6.45) is 9.16. The standard InChI is InChI=1S/C21H35N5O/c1-17-16-20(23-21(22-17)26-10-3-2-4-11-26)25-13-7-18(8-14-25)24-12-5-6-19(27)9-15-24/h16,18-19,27H,2-15H2,1H3. The maximum absolute atomic E-state index is 9.90. The summed E-state index contributed by atoms with van der Waals surface area (Å²) in [6.45, 7) is 8.61. The third-order valence-electron chi connectivity index (χ3n) is 6.50. The summed E-state index contributed by atoms with van der Waals surface area (Å²) in [4.78, 5) is 17.1. The molecule has 3 aliphatic heterocycles. The average Bonchev–Trinajstić information content (AvgIpc) is 2.93. The number of anilines is 2. The van der Waals surface area contributed by atoms with Gasteiger partial charge < -0.3 is 19.8 Å². The number of hydrogen-bond donors (Lipinski definition) is 1. The van der Waals surface area contributed by atoms with E-state index in [4.69, 9.17) is 9.97 Å². The predicted molar refractivity (Wildman–Crippen MR) is 109 cm³/mol. The Balaban J connectivity index is 1.38. The quantitative estimate of drug-likeness (QED) is 0.879. The fourth-order valence-electron chi connectivity index (χ4n) is 4.86. The summed E-state index contributed by atoms with van der Waals surface area (Å²) in [5.74, 6) is 2.03. The number of aliphatic hydroxyl groups excluding tert-OH is 1. The molecule has 3 aliphatic rings. The third kappa shape index (κ3) is 4.72. The summed E-state index contributed by atoms with van der Waals surface area (Å²) in [5.41, 5.74) is 1.07. The van der Waals surface area contributed by atoms with Crippen molar-refractivity contribution in [2.75, 3.05) is 49.1 Å². The van der Waals surface area contributed by atoms with Crippen LogP contribution in [0.2, 0.25) is 0 Å². The van der Waals surface area contributed by atoms with E-state index < -0.39 is 0 Å². The Morgan fingerprint density at radius 3 is 2.37 bits per heavy atom. The molecule has 0 amide bonds. The zero-order chi connectivity index (χ0) is 18.6. The lowest BCUT2D eigenvalue weighted by molar-refractivity contribution is 0.140. The minimum absolute atomic E-state index is 0.0905. The fraction of sp³-hybridized carbons (Fsp3) is 0.810. The van der Waals surface area contributed by atoms with Crippen LogP contribution in [-0.2, 0) is 0 Å². The van der Waals surface area contributed by atoms with E-state index in [-0.39, 0.29) is 6.10 Å². The van der Waals surface area contributed by atoms with Gasteiger partial charge in [-0.15, -0.1) is 0 Å². The number of rotatable bonds is 3. The van der Waals surface area contributed by atoms with Crippen LogP contribution < -0.4 is 9.80 Å². The molecule has 0 aliphatic carbocycles. The number of likely N-dealkylation sites (tertiary alicyclic amines) is 1. The Morgan fingerprint density at radius 1 is 0.815 bits per heavy atom. The summed E-state index contributed by atoms with van der Waals surface area (Å²) in [6, 6.07) is 2.81. The molecule has 1 N–H and O–H groups in total. The highest BCUT2D eigenvalue weighted by molar-refractivity contribution is 5.46. The molecule has 1 aromatic rings. The van der Waals surface area contributed by atoms with Crippen LogP contribution in [0.15, 0.2) is 6.07 Å². The van der Waals surface area contributed by atoms with Gasteiger partial charge in [-0.25, -0.2) is 4.98 Å². The van der Waals surface area contributed by atoms with Crippen LogP contribution in [-0.4, -0.2) is 71.4 Å². The van der Waals surface area contributed by atoms with Crippen molar-refractivity contribution >= 4 is 11.8 Å². The van der Waals surface area contributed by atoms with Gasteiger partial charge in [0.2, 0.25) is 5.95 Å². The molecule has 0 aromatic carbocycles. The van der Waals surface area contributed by atoms with E-state index in [1.54, 1.807) is 0 Å². The Kier molecular flexibility index (Phi) is 6.13. The van der Waals surface area contributed by atoms with Crippen molar-refractivity contribution in [2.24, 2.45) is 0 Å². The van der Waals surface area contributed by atoms with Crippen LogP contribution in [0, 0.1) is 6.92 Å². The van der Waals surface area contributed by atoms with E-state index in [0.717, 1.165) is 76.0 Å². The number of hydrogen-bond acceptors (Lipinski definition) is 6. The maximum Gasteiger partial charge on any atom is 0.227 e. The van der Waals surface area contributed by atoms with Crippen molar-refractivity contribution in [3.05, 3.63) is 11.8 Å². The highest BCUT2D eigenvalue weighted by Gasteiger charge is 2.27. The minimum atomic E-state index is -0.0905. The molecular formula is C21H35N5O. The highest BCUT2D eigenvalue weighted by Crippen LogP contribution is 2.26. The first kappa shape index (κ1) is 18.9. The lowest BCUT2D eigenvalue weighted by Gasteiger charge is -2.39. The van der Waals surface area contributed by atoms with Gasteiger partial charge in [-0.2, -0.15) is 4.98 Å². The van der Waals surface area contributed by atoms with Crippen molar-refractivity contribution < 1.29 is 5.11 Å². The monoisotopic (exact) mass is 373 g/mol. The van der Waals surface area contributed by atoms with Gasteiger partial charge in [0.1, 0.15) is 5.82 Å². The molecule has 4 heterocycles. The largest absolute Gasteiger partial charge is 0.393 e. The van der Waals surface area contributed by atoms with Crippen molar-refractivity contribution in [2.45, 2.75) is 70.4 Å². The van der Waals surface area contributed by atoms with Gasteiger partial charge >= 0.3 is 0 Å². The molecule has 0 bridgehead atoms. The van der Waals surface area contributed by atoms with Crippen molar-refractivity contribution in [3.8, 4) is 0 Å². The molecule has 6 heteroatoms. The molecule has 27 heavy (non-hydrogen) atoms. The molecule has 6 nitrogen and oxygen atoms in total. The van der Waals surface area contributed by atoms with Gasteiger partial charge in [0.15, 0.2) is 0 Å². The molecule has 0 radical (unpaired) electrons. The lowest BCUT2D eigenvalue weighted by Crippen LogP contribution is -2.45. The number of aromatic nitrogens is 2. The second kappa shape index (κ2) is 8.74. The Labute approximate surface area is 163 Å². The smallest absolute Gasteiger partial charge is 0.227 e. The van der Waals surface area contributed by atoms with Gasteiger partial charge in [0, 0.05) is 50.5 Å². The zero-order valence-corrected chi connectivity index (χ0v) is 16.8. The van der Waals surface area contributed by atoms with Crippen LogP contribution in [0.4, 0.5) is 11.8 Å². The van der Waals surface area contributed by atoms with Crippen molar-refractivity contribution in [1.82, 2.24) is 14.9 Å². The topological polar surface area (TPSA) is 55.7 Å². The van der Waals surface area contributed by atoms with Gasteiger partial charge in [-0.1, -0.05) is 0 Å². The lowest BCUT2D eigenvalue weighted by atomic mass is 10.0. The number of aliphatic hydroxyl groups is 1. The summed E-state index contributed by atoms with van der Waals surface area (Å²) >= 11 is 0. The second-order valence-corrected chi connectivity index (χ2v) is 8.55. The predicted octanol–water partition coefficient (Wildman–Crippen LogP) is 2.59. The van der Waals surface area contributed by atoms with Crippen LogP contribution in [0.1, 0.15) is 57.1 Å². The molecule has 1 aromatic heterocycles. The molecule has 4 rings (SSSR count). The first-order chi connectivity index (χ1) is 13.2. The Bertz CT molecular complexity index is 611. The minimum Gasteiger partial charge on any atom is -0.393 e. The van der Waals surface area contributed by atoms with Crippen LogP contribution in [0.3, 0.4) is 0 Å². The molecule has 1 unspecified atom stereocenters. The van der Waals surface area contributed by atoms with E-state index in [1.807, 2.05) is 0 Å². The molecule has 3 fully saturated rings. The normalized spacial score (nSPS) is 26.2. The molecule has 1 atom stereocenters. The van der Waals surface area contributed by atoms with Crippen LogP contribution >= 0.6 is 0 Å². The third-order valence-corrected chi connectivity index (χ3v) is 6.50. The van der Waals surface area contributed by atoms with Crippen LogP contribution in [0.5, 0.6) is 0 Å². The first-order valence-corrected chi connectivity index (χ1v) is 11.0. The molecule has 0 spiro atoms. The van der Waals surface area contributed by atoms with Gasteiger partial charge in [-0.05, 0) is 64.8 Å². The van der Waals surface area contributed by atoms with Gasteiger partial charge in [0.05, 0.1) is 6.10 Å². The first-order valence-electron chi connectivity index (χ1n) is 11.0. The summed E-state index contributed by atoms with van der Waals surface area (Å²) in [5, 5.41) is 9.90. The number of nitrogens with zero attached hydrogens (tertiary/aromatic N) is 5. The zero-order valence-electron chi connectivity index (χ0n) is 16.8. The number of piperidine rings is 2.